The molecule has 5 heteroatoms. The van der Waals surface area contributed by atoms with Gasteiger partial charge in [-0.15, -0.1) is 0 Å². The molecule has 19 heavy (non-hydrogen) atoms. The lowest BCUT2D eigenvalue weighted by Crippen LogP contribution is -1.92. The molecule has 0 spiro atoms. The second-order valence-electron chi connectivity index (χ2n) is 4.04. The van der Waals surface area contributed by atoms with Crippen molar-refractivity contribution in [3.63, 3.8) is 0 Å². The molecule has 0 bridgehead atoms. The lowest BCUT2D eigenvalue weighted by Gasteiger charge is -2.12. The zero-order valence-corrected chi connectivity index (χ0v) is 13.1. The van der Waals surface area contributed by atoms with Gasteiger partial charge in [-0.3, -0.25) is 0 Å². The molecule has 0 saturated heterocycles. The molecule has 1 N–H and O–H groups in total. The first-order valence-corrected chi connectivity index (χ1v) is 7.12. The first-order chi connectivity index (χ1) is 8.97. The molecular weight excluding hydrogens is 351 g/mol. The van der Waals surface area contributed by atoms with E-state index in [1.807, 2.05) is 0 Å². The van der Waals surface area contributed by atoms with Crippen molar-refractivity contribution < 1.29 is 9.84 Å². The molecule has 0 heterocycles. The molecule has 0 aliphatic heterocycles. The van der Waals surface area contributed by atoms with E-state index in [9.17, 15) is 5.11 Å². The van der Waals surface area contributed by atoms with E-state index in [0.29, 0.717) is 21.5 Å². The van der Waals surface area contributed by atoms with Crippen molar-refractivity contribution in [2.24, 2.45) is 0 Å². The van der Waals surface area contributed by atoms with Gasteiger partial charge in [-0.2, -0.15) is 0 Å². The van der Waals surface area contributed by atoms with E-state index in [1.165, 1.54) is 0 Å². The monoisotopic (exact) mass is 360 g/mol. The second-order valence-corrected chi connectivity index (χ2v) is 5.74. The van der Waals surface area contributed by atoms with Gasteiger partial charge in [-0.25, -0.2) is 0 Å². The molecule has 100 valence electrons. The fourth-order valence-corrected chi connectivity index (χ4v) is 2.33. The van der Waals surface area contributed by atoms with Gasteiger partial charge >= 0.3 is 0 Å². The van der Waals surface area contributed by atoms with Crippen molar-refractivity contribution in [1.29, 1.82) is 0 Å². The van der Waals surface area contributed by atoms with Crippen LogP contribution in [0.4, 0.5) is 0 Å². The molecule has 0 aromatic heterocycles. The van der Waals surface area contributed by atoms with E-state index in [1.54, 1.807) is 43.3 Å². The number of hydrogen-bond donors (Lipinski definition) is 1. The summed E-state index contributed by atoms with van der Waals surface area (Å²) in [5.41, 5.74) is 0.802. The van der Waals surface area contributed by atoms with E-state index in [0.717, 1.165) is 10.0 Å². The largest absolute Gasteiger partial charge is 0.455 e. The second kappa shape index (κ2) is 6.14. The van der Waals surface area contributed by atoms with Crippen molar-refractivity contribution in [3.8, 4) is 11.5 Å². The number of aliphatic hydroxyl groups excluding tert-OH is 1. The summed E-state index contributed by atoms with van der Waals surface area (Å²) in [6.45, 7) is 1.70. The molecule has 2 rings (SSSR count). The Kier molecular flexibility index (Phi) is 4.74. The lowest BCUT2D eigenvalue weighted by atomic mass is 10.1. The highest BCUT2D eigenvalue weighted by atomic mass is 79.9. The summed E-state index contributed by atoms with van der Waals surface area (Å²) in [7, 11) is 0. The topological polar surface area (TPSA) is 29.5 Å². The summed E-state index contributed by atoms with van der Waals surface area (Å²) in [4.78, 5) is 0. The zero-order valence-electron chi connectivity index (χ0n) is 10.0. The average molecular weight is 362 g/mol. The standard InChI is InChI=1S/C14H11BrCl2O2/c1-8(18)9-2-5-13(11(15)6-9)19-14-7-10(16)3-4-12(14)17/h2-8,18H,1H3/t8-/m1/s1. The van der Waals surface area contributed by atoms with E-state index in [-0.39, 0.29) is 0 Å². The van der Waals surface area contributed by atoms with Crippen molar-refractivity contribution in [3.05, 3.63) is 56.5 Å². The van der Waals surface area contributed by atoms with Gasteiger partial charge in [0.25, 0.3) is 0 Å². The van der Waals surface area contributed by atoms with Crippen LogP contribution in [0.5, 0.6) is 11.5 Å². The Morgan fingerprint density at radius 2 is 1.84 bits per heavy atom. The molecule has 2 aromatic carbocycles. The molecule has 0 radical (unpaired) electrons. The number of ether oxygens (including phenoxy) is 1. The molecule has 0 unspecified atom stereocenters. The Bertz CT molecular complexity index is 600. The lowest BCUT2D eigenvalue weighted by molar-refractivity contribution is 0.199. The molecule has 0 aliphatic rings. The van der Waals surface area contributed by atoms with Crippen molar-refractivity contribution in [1.82, 2.24) is 0 Å². The first kappa shape index (κ1) is 14.7. The molecule has 2 nitrogen and oxygen atoms in total. The first-order valence-electron chi connectivity index (χ1n) is 5.58. The van der Waals surface area contributed by atoms with E-state index in [4.69, 9.17) is 27.9 Å². The third kappa shape index (κ3) is 3.63. The highest BCUT2D eigenvalue weighted by Gasteiger charge is 2.09. The smallest absolute Gasteiger partial charge is 0.147 e. The van der Waals surface area contributed by atoms with Gasteiger partial charge in [0.1, 0.15) is 11.5 Å². The SMILES string of the molecule is C[C@@H](O)c1ccc(Oc2cc(Cl)ccc2Cl)c(Br)c1. The van der Waals surface area contributed by atoms with Crippen LogP contribution < -0.4 is 4.74 Å². The van der Waals surface area contributed by atoms with Crippen LogP contribution in [0.25, 0.3) is 0 Å². The van der Waals surface area contributed by atoms with Crippen molar-refractivity contribution >= 4 is 39.1 Å². The van der Waals surface area contributed by atoms with Crippen LogP contribution in [0.3, 0.4) is 0 Å². The molecule has 2 aromatic rings. The Balaban J connectivity index is 2.31. The summed E-state index contributed by atoms with van der Waals surface area (Å²) in [6.07, 6.45) is -0.528. The van der Waals surface area contributed by atoms with E-state index < -0.39 is 6.10 Å². The van der Waals surface area contributed by atoms with Crippen LogP contribution in [0.2, 0.25) is 10.0 Å². The fourth-order valence-electron chi connectivity index (χ4n) is 1.53. The minimum absolute atomic E-state index is 0.482. The number of rotatable bonds is 3. The Morgan fingerprint density at radius 3 is 2.47 bits per heavy atom. The number of hydrogen-bond acceptors (Lipinski definition) is 2. The summed E-state index contributed by atoms with van der Waals surface area (Å²) in [5, 5.41) is 10.5. The van der Waals surface area contributed by atoms with Crippen LogP contribution in [0.1, 0.15) is 18.6 Å². The molecule has 1 atom stereocenters. The predicted molar refractivity (Wildman–Crippen MR) is 81.3 cm³/mol. The predicted octanol–water partition coefficient (Wildman–Crippen LogP) is 5.60. The van der Waals surface area contributed by atoms with Crippen LogP contribution in [0, 0.1) is 0 Å². The molecule has 0 saturated carbocycles. The third-order valence-corrected chi connectivity index (χ3v) is 3.72. The Labute approximate surface area is 130 Å². The van der Waals surface area contributed by atoms with Gasteiger partial charge in [0.05, 0.1) is 15.6 Å². The van der Waals surface area contributed by atoms with Crippen LogP contribution in [-0.2, 0) is 0 Å². The number of halogens is 3. The fraction of sp³-hybridized carbons (Fsp3) is 0.143. The number of benzene rings is 2. The molecular formula is C14H11BrCl2O2. The van der Waals surface area contributed by atoms with Crippen LogP contribution in [-0.4, -0.2) is 5.11 Å². The van der Waals surface area contributed by atoms with E-state index >= 15 is 0 Å². The summed E-state index contributed by atoms with van der Waals surface area (Å²) >= 11 is 15.4. The van der Waals surface area contributed by atoms with Gasteiger partial charge < -0.3 is 9.84 Å². The van der Waals surface area contributed by atoms with Gasteiger partial charge in [0, 0.05) is 11.1 Å². The van der Waals surface area contributed by atoms with Gasteiger partial charge in [-0.1, -0.05) is 29.3 Å². The van der Waals surface area contributed by atoms with Gasteiger partial charge in [0.15, 0.2) is 0 Å². The maximum atomic E-state index is 9.51. The highest BCUT2D eigenvalue weighted by Crippen LogP contribution is 2.36. The molecule has 0 amide bonds. The maximum absolute atomic E-state index is 9.51. The molecule has 0 fully saturated rings. The van der Waals surface area contributed by atoms with Crippen molar-refractivity contribution in [2.45, 2.75) is 13.0 Å². The van der Waals surface area contributed by atoms with Crippen LogP contribution in [0.15, 0.2) is 40.9 Å². The Morgan fingerprint density at radius 1 is 1.11 bits per heavy atom. The molecule has 0 aliphatic carbocycles. The number of aliphatic hydroxyl groups is 1. The minimum atomic E-state index is -0.528. The normalized spacial score (nSPS) is 12.3. The van der Waals surface area contributed by atoms with E-state index in [2.05, 4.69) is 15.9 Å². The van der Waals surface area contributed by atoms with Gasteiger partial charge in [0.2, 0.25) is 0 Å². The summed E-state index contributed by atoms with van der Waals surface area (Å²) in [6, 6.07) is 10.4. The third-order valence-electron chi connectivity index (χ3n) is 2.55. The zero-order chi connectivity index (χ0) is 14.0. The van der Waals surface area contributed by atoms with Crippen molar-refractivity contribution in [2.75, 3.05) is 0 Å². The maximum Gasteiger partial charge on any atom is 0.147 e. The van der Waals surface area contributed by atoms with Crippen LogP contribution >= 0.6 is 39.1 Å². The average Bonchev–Trinajstić information content (AvgIpc) is 2.36. The summed E-state index contributed by atoms with van der Waals surface area (Å²) in [5.74, 6) is 1.09. The highest BCUT2D eigenvalue weighted by molar-refractivity contribution is 9.10. The van der Waals surface area contributed by atoms with Gasteiger partial charge in [-0.05, 0) is 52.7 Å². The Hall–Kier alpha value is -0.740. The minimum Gasteiger partial charge on any atom is -0.455 e. The summed E-state index contributed by atoms with van der Waals surface area (Å²) < 4.78 is 6.45. The quantitative estimate of drug-likeness (QED) is 0.770.